The van der Waals surface area contributed by atoms with Crippen molar-refractivity contribution in [2.45, 2.75) is 45.9 Å². The van der Waals surface area contributed by atoms with Crippen LogP contribution in [0.3, 0.4) is 0 Å². The standard InChI is InChI=1S/C16H25NO3S/c1-11-8-13(20-12(11)2)15-17(14(19)9-21-15)7-5-6-16(3,4)10-18/h8,15,18H,5-7,9-10H2,1-4H3. The molecule has 1 aliphatic heterocycles. The van der Waals surface area contributed by atoms with Crippen LogP contribution in [0.15, 0.2) is 10.5 Å². The lowest BCUT2D eigenvalue weighted by atomic mass is 9.89. The van der Waals surface area contributed by atoms with Gasteiger partial charge in [0.2, 0.25) is 5.91 Å². The summed E-state index contributed by atoms with van der Waals surface area (Å²) in [6.45, 7) is 8.97. The molecule has 1 N–H and O–H groups in total. The molecule has 1 atom stereocenters. The number of nitrogens with zero attached hydrogens (tertiary/aromatic N) is 1. The minimum atomic E-state index is -0.0801. The maximum atomic E-state index is 12.1. The Bertz CT molecular complexity index is 490. The number of rotatable bonds is 6. The van der Waals surface area contributed by atoms with E-state index in [2.05, 4.69) is 0 Å². The zero-order chi connectivity index (χ0) is 15.6. The van der Waals surface area contributed by atoms with Gasteiger partial charge in [0.25, 0.3) is 0 Å². The molecule has 4 nitrogen and oxygen atoms in total. The first kappa shape index (κ1) is 16.4. The largest absolute Gasteiger partial charge is 0.463 e. The molecule has 0 spiro atoms. The second kappa shape index (κ2) is 6.44. The highest BCUT2D eigenvalue weighted by Crippen LogP contribution is 2.40. The maximum absolute atomic E-state index is 12.1. The molecule has 1 aromatic rings. The summed E-state index contributed by atoms with van der Waals surface area (Å²) in [5, 5.41) is 9.30. The van der Waals surface area contributed by atoms with Crippen LogP contribution in [0.25, 0.3) is 0 Å². The van der Waals surface area contributed by atoms with Crippen LogP contribution in [-0.4, -0.2) is 34.8 Å². The fourth-order valence-electron chi connectivity index (χ4n) is 2.46. The molecule has 21 heavy (non-hydrogen) atoms. The van der Waals surface area contributed by atoms with Crippen LogP contribution in [0.5, 0.6) is 0 Å². The van der Waals surface area contributed by atoms with Gasteiger partial charge >= 0.3 is 0 Å². The molecule has 1 fully saturated rings. The van der Waals surface area contributed by atoms with Crippen LogP contribution in [-0.2, 0) is 4.79 Å². The number of hydrogen-bond acceptors (Lipinski definition) is 4. The van der Waals surface area contributed by atoms with E-state index in [-0.39, 0.29) is 23.3 Å². The second-order valence-corrected chi connectivity index (χ2v) is 7.63. The molecular formula is C16H25NO3S. The first-order valence-electron chi connectivity index (χ1n) is 7.43. The van der Waals surface area contributed by atoms with Crippen LogP contribution < -0.4 is 0 Å². The van der Waals surface area contributed by atoms with Gasteiger partial charge in [-0.05, 0) is 43.7 Å². The van der Waals surface area contributed by atoms with E-state index >= 15 is 0 Å². The summed E-state index contributed by atoms with van der Waals surface area (Å²) in [6, 6.07) is 2.04. The monoisotopic (exact) mass is 311 g/mol. The van der Waals surface area contributed by atoms with Gasteiger partial charge in [0.05, 0.1) is 5.75 Å². The van der Waals surface area contributed by atoms with Crippen LogP contribution in [0.4, 0.5) is 0 Å². The maximum Gasteiger partial charge on any atom is 0.233 e. The van der Waals surface area contributed by atoms with E-state index in [0.717, 1.165) is 36.5 Å². The summed E-state index contributed by atoms with van der Waals surface area (Å²) in [4.78, 5) is 14.0. The molecule has 2 rings (SSSR count). The molecule has 118 valence electrons. The molecule has 1 amide bonds. The van der Waals surface area contributed by atoms with Crippen molar-refractivity contribution in [1.82, 2.24) is 4.90 Å². The molecule has 1 aromatic heterocycles. The summed E-state index contributed by atoms with van der Waals surface area (Å²) >= 11 is 1.63. The summed E-state index contributed by atoms with van der Waals surface area (Å²) in [5.41, 5.74) is 1.05. The quantitative estimate of drug-likeness (QED) is 0.876. The van der Waals surface area contributed by atoms with Crippen molar-refractivity contribution in [2.24, 2.45) is 5.41 Å². The summed E-state index contributed by atoms with van der Waals surface area (Å²) in [5.74, 6) is 2.50. The Morgan fingerprint density at radius 1 is 1.48 bits per heavy atom. The van der Waals surface area contributed by atoms with E-state index in [9.17, 15) is 9.90 Å². The minimum absolute atomic E-state index is 0.00198. The van der Waals surface area contributed by atoms with Crippen molar-refractivity contribution in [3.05, 3.63) is 23.2 Å². The van der Waals surface area contributed by atoms with Gasteiger partial charge in [-0.1, -0.05) is 13.8 Å². The van der Waals surface area contributed by atoms with Gasteiger partial charge in [-0.25, -0.2) is 0 Å². The Balaban J connectivity index is 2.00. The molecule has 1 saturated heterocycles. The summed E-state index contributed by atoms with van der Waals surface area (Å²) < 4.78 is 5.79. The number of furan rings is 1. The van der Waals surface area contributed by atoms with Gasteiger partial charge < -0.3 is 14.4 Å². The Labute approximate surface area is 130 Å². The number of hydrogen-bond donors (Lipinski definition) is 1. The Morgan fingerprint density at radius 3 is 2.76 bits per heavy atom. The third-order valence-corrected chi connectivity index (χ3v) is 5.29. The van der Waals surface area contributed by atoms with Gasteiger partial charge in [-0.15, -0.1) is 11.8 Å². The summed E-state index contributed by atoms with van der Waals surface area (Å²) in [7, 11) is 0. The average molecular weight is 311 g/mol. The van der Waals surface area contributed by atoms with E-state index < -0.39 is 0 Å². The summed E-state index contributed by atoms with van der Waals surface area (Å²) in [6.07, 6.45) is 1.80. The smallest absolute Gasteiger partial charge is 0.233 e. The van der Waals surface area contributed by atoms with Crippen LogP contribution in [0, 0.1) is 19.3 Å². The number of aliphatic hydroxyl groups excluding tert-OH is 1. The van der Waals surface area contributed by atoms with Crippen molar-refractivity contribution in [2.75, 3.05) is 18.9 Å². The SMILES string of the molecule is Cc1cc(C2SCC(=O)N2CCCC(C)(C)CO)oc1C. The molecular weight excluding hydrogens is 286 g/mol. The molecule has 0 aromatic carbocycles. The van der Waals surface area contributed by atoms with Gasteiger partial charge in [-0.2, -0.15) is 0 Å². The highest BCUT2D eigenvalue weighted by molar-refractivity contribution is 8.00. The van der Waals surface area contributed by atoms with E-state index in [4.69, 9.17) is 4.42 Å². The second-order valence-electron chi connectivity index (χ2n) is 6.56. The number of carbonyl (C=O) groups is 1. The number of aliphatic hydroxyl groups is 1. The van der Waals surface area contributed by atoms with Crippen molar-refractivity contribution < 1.29 is 14.3 Å². The minimum Gasteiger partial charge on any atom is -0.463 e. The number of aryl methyl sites for hydroxylation is 2. The molecule has 0 radical (unpaired) electrons. The molecule has 1 unspecified atom stereocenters. The Hall–Kier alpha value is -0.940. The van der Waals surface area contributed by atoms with Crippen molar-refractivity contribution in [3.63, 3.8) is 0 Å². The highest BCUT2D eigenvalue weighted by Gasteiger charge is 2.35. The molecule has 0 aliphatic carbocycles. The lowest BCUT2D eigenvalue weighted by molar-refractivity contribution is -0.128. The van der Waals surface area contributed by atoms with E-state index in [1.807, 2.05) is 38.7 Å². The van der Waals surface area contributed by atoms with Crippen LogP contribution in [0.2, 0.25) is 0 Å². The van der Waals surface area contributed by atoms with Gasteiger partial charge in [-0.3, -0.25) is 4.79 Å². The zero-order valence-corrected chi connectivity index (χ0v) is 14.1. The van der Waals surface area contributed by atoms with Crippen LogP contribution in [0.1, 0.15) is 49.1 Å². The van der Waals surface area contributed by atoms with E-state index in [1.165, 1.54) is 0 Å². The predicted molar refractivity (Wildman–Crippen MR) is 85.2 cm³/mol. The number of carbonyl (C=O) groups excluding carboxylic acids is 1. The molecule has 1 aliphatic rings. The third kappa shape index (κ3) is 3.83. The lowest BCUT2D eigenvalue weighted by Crippen LogP contribution is -2.30. The number of thioether (sulfide) groups is 1. The Morgan fingerprint density at radius 2 is 2.19 bits per heavy atom. The predicted octanol–water partition coefficient (Wildman–Crippen LogP) is 3.27. The first-order chi connectivity index (χ1) is 9.84. The van der Waals surface area contributed by atoms with Gasteiger partial charge in [0, 0.05) is 13.2 Å². The van der Waals surface area contributed by atoms with Gasteiger partial charge in [0.1, 0.15) is 16.9 Å². The number of amides is 1. The average Bonchev–Trinajstić information content (AvgIpc) is 2.94. The molecule has 0 bridgehead atoms. The van der Waals surface area contributed by atoms with Crippen molar-refractivity contribution in [3.8, 4) is 0 Å². The molecule has 2 heterocycles. The fourth-order valence-corrected chi connectivity index (χ4v) is 3.61. The fraction of sp³-hybridized carbons (Fsp3) is 0.688. The molecule has 5 heteroatoms. The van der Waals surface area contributed by atoms with Crippen molar-refractivity contribution in [1.29, 1.82) is 0 Å². The topological polar surface area (TPSA) is 53.7 Å². The third-order valence-electron chi connectivity index (χ3n) is 4.08. The highest BCUT2D eigenvalue weighted by atomic mass is 32.2. The zero-order valence-electron chi connectivity index (χ0n) is 13.3. The van der Waals surface area contributed by atoms with E-state index in [1.54, 1.807) is 11.8 Å². The normalized spacial score (nSPS) is 19.6. The van der Waals surface area contributed by atoms with Gasteiger partial charge in [0.15, 0.2) is 0 Å². The Kier molecular flexibility index (Phi) is 5.04. The molecule has 0 saturated carbocycles. The first-order valence-corrected chi connectivity index (χ1v) is 8.48. The lowest BCUT2D eigenvalue weighted by Gasteiger charge is -2.26. The van der Waals surface area contributed by atoms with Crippen LogP contribution >= 0.6 is 11.8 Å². The van der Waals surface area contributed by atoms with E-state index in [0.29, 0.717) is 5.75 Å². The van der Waals surface area contributed by atoms with Crippen molar-refractivity contribution >= 4 is 17.7 Å².